The molecule has 0 bridgehead atoms. The van der Waals surface area contributed by atoms with Crippen LogP contribution in [0.15, 0.2) is 6.07 Å². The van der Waals surface area contributed by atoms with Crippen LogP contribution < -0.4 is 10.6 Å². The molecule has 96 valence electrons. The van der Waals surface area contributed by atoms with Gasteiger partial charge in [0.05, 0.1) is 0 Å². The Kier molecular flexibility index (Phi) is 4.87. The second-order valence-corrected chi connectivity index (χ2v) is 5.08. The van der Waals surface area contributed by atoms with Crippen LogP contribution in [0.1, 0.15) is 44.5 Å². The molecule has 2 N–H and O–H groups in total. The fourth-order valence-corrected chi connectivity index (χ4v) is 1.54. The summed E-state index contributed by atoms with van der Waals surface area (Å²) in [5, 5.41) is 0. The maximum absolute atomic E-state index is 5.76. The van der Waals surface area contributed by atoms with E-state index in [-0.39, 0.29) is 6.04 Å². The molecule has 17 heavy (non-hydrogen) atoms. The molecule has 0 saturated carbocycles. The Labute approximate surface area is 104 Å². The van der Waals surface area contributed by atoms with Gasteiger partial charge in [0.2, 0.25) is 5.95 Å². The van der Waals surface area contributed by atoms with Crippen LogP contribution in [0.3, 0.4) is 0 Å². The fourth-order valence-electron chi connectivity index (χ4n) is 1.54. The standard InChI is InChI=1S/C13H24N4/c1-9(2)12-8-11(4)15-13(16-12)17(5)7-6-10(3)14/h8-10H,6-7,14H2,1-5H3. The van der Waals surface area contributed by atoms with E-state index in [1.807, 2.05) is 27.0 Å². The van der Waals surface area contributed by atoms with Crippen LogP contribution in [0.5, 0.6) is 0 Å². The van der Waals surface area contributed by atoms with Gasteiger partial charge >= 0.3 is 0 Å². The van der Waals surface area contributed by atoms with E-state index in [2.05, 4.69) is 28.7 Å². The van der Waals surface area contributed by atoms with Gasteiger partial charge in [-0.25, -0.2) is 9.97 Å². The number of aromatic nitrogens is 2. The lowest BCUT2D eigenvalue weighted by molar-refractivity contribution is 0.650. The first kappa shape index (κ1) is 13.9. The molecule has 4 nitrogen and oxygen atoms in total. The number of nitrogens with zero attached hydrogens (tertiary/aromatic N) is 3. The molecule has 0 aliphatic carbocycles. The second-order valence-electron chi connectivity index (χ2n) is 5.08. The van der Waals surface area contributed by atoms with Crippen molar-refractivity contribution < 1.29 is 0 Å². The Morgan fingerprint density at radius 1 is 1.29 bits per heavy atom. The Balaban J connectivity index is 2.82. The van der Waals surface area contributed by atoms with Crippen LogP contribution in [0.4, 0.5) is 5.95 Å². The first-order valence-corrected chi connectivity index (χ1v) is 6.22. The topological polar surface area (TPSA) is 55.0 Å². The van der Waals surface area contributed by atoms with E-state index < -0.39 is 0 Å². The highest BCUT2D eigenvalue weighted by atomic mass is 15.2. The minimum Gasteiger partial charge on any atom is -0.344 e. The molecule has 1 atom stereocenters. The van der Waals surface area contributed by atoms with Crippen LogP contribution in [0, 0.1) is 6.92 Å². The molecule has 0 fully saturated rings. The van der Waals surface area contributed by atoms with Gasteiger partial charge in [-0.1, -0.05) is 13.8 Å². The van der Waals surface area contributed by atoms with E-state index in [1.165, 1.54) is 0 Å². The third-order valence-electron chi connectivity index (χ3n) is 2.72. The third-order valence-corrected chi connectivity index (χ3v) is 2.72. The van der Waals surface area contributed by atoms with Crippen molar-refractivity contribution in [1.82, 2.24) is 9.97 Å². The monoisotopic (exact) mass is 236 g/mol. The van der Waals surface area contributed by atoms with Crippen molar-refractivity contribution in [2.24, 2.45) is 5.73 Å². The van der Waals surface area contributed by atoms with Crippen molar-refractivity contribution in [3.05, 3.63) is 17.5 Å². The van der Waals surface area contributed by atoms with Gasteiger partial charge in [-0.2, -0.15) is 0 Å². The molecule has 4 heteroatoms. The Bertz CT molecular complexity index is 360. The van der Waals surface area contributed by atoms with Crippen LogP contribution >= 0.6 is 0 Å². The van der Waals surface area contributed by atoms with Crippen LogP contribution in [0.2, 0.25) is 0 Å². The van der Waals surface area contributed by atoms with Gasteiger partial charge in [-0.15, -0.1) is 0 Å². The molecule has 1 heterocycles. The first-order valence-electron chi connectivity index (χ1n) is 6.22. The van der Waals surface area contributed by atoms with Crippen molar-refractivity contribution in [1.29, 1.82) is 0 Å². The third kappa shape index (κ3) is 4.30. The maximum Gasteiger partial charge on any atom is 0.225 e. The zero-order valence-corrected chi connectivity index (χ0v) is 11.6. The smallest absolute Gasteiger partial charge is 0.225 e. The quantitative estimate of drug-likeness (QED) is 0.850. The normalized spacial score (nSPS) is 12.9. The molecule has 0 aromatic carbocycles. The van der Waals surface area contributed by atoms with Crippen molar-refractivity contribution in [3.8, 4) is 0 Å². The lowest BCUT2D eigenvalue weighted by Gasteiger charge is -2.19. The average molecular weight is 236 g/mol. The summed E-state index contributed by atoms with van der Waals surface area (Å²) in [5.74, 6) is 1.23. The zero-order chi connectivity index (χ0) is 13.0. The molecule has 0 aliphatic rings. The second kappa shape index (κ2) is 5.96. The van der Waals surface area contributed by atoms with Gasteiger partial charge in [0, 0.05) is 31.0 Å². The lowest BCUT2D eigenvalue weighted by Crippen LogP contribution is -2.27. The maximum atomic E-state index is 5.76. The Hall–Kier alpha value is -1.16. The van der Waals surface area contributed by atoms with Gasteiger partial charge in [0.1, 0.15) is 0 Å². The van der Waals surface area contributed by atoms with E-state index in [0.29, 0.717) is 5.92 Å². The van der Waals surface area contributed by atoms with Crippen molar-refractivity contribution in [2.75, 3.05) is 18.5 Å². The first-order chi connectivity index (χ1) is 7.90. The average Bonchev–Trinajstić information content (AvgIpc) is 2.24. The molecule has 0 aliphatic heterocycles. The number of hydrogen-bond donors (Lipinski definition) is 1. The molecule has 0 radical (unpaired) electrons. The van der Waals surface area contributed by atoms with Crippen LogP contribution in [-0.4, -0.2) is 29.6 Å². The predicted molar refractivity (Wildman–Crippen MR) is 72.4 cm³/mol. The van der Waals surface area contributed by atoms with E-state index in [1.54, 1.807) is 0 Å². The number of nitrogens with two attached hydrogens (primary N) is 1. The lowest BCUT2D eigenvalue weighted by atomic mass is 10.1. The number of aryl methyl sites for hydroxylation is 1. The van der Waals surface area contributed by atoms with Crippen molar-refractivity contribution >= 4 is 5.95 Å². The van der Waals surface area contributed by atoms with Crippen molar-refractivity contribution in [3.63, 3.8) is 0 Å². The summed E-state index contributed by atoms with van der Waals surface area (Å²) in [7, 11) is 2.02. The van der Waals surface area contributed by atoms with E-state index in [4.69, 9.17) is 5.73 Å². The summed E-state index contributed by atoms with van der Waals surface area (Å²) >= 11 is 0. The number of hydrogen-bond acceptors (Lipinski definition) is 4. The summed E-state index contributed by atoms with van der Waals surface area (Å²) in [6.45, 7) is 9.21. The SMILES string of the molecule is Cc1cc(C(C)C)nc(N(C)CCC(C)N)n1. The number of anilines is 1. The molecule has 0 amide bonds. The minimum absolute atomic E-state index is 0.215. The zero-order valence-electron chi connectivity index (χ0n) is 11.6. The van der Waals surface area contributed by atoms with Crippen molar-refractivity contribution in [2.45, 2.75) is 46.1 Å². The summed E-state index contributed by atoms with van der Waals surface area (Å²) in [5.41, 5.74) is 7.88. The molecule has 0 saturated heterocycles. The van der Waals surface area contributed by atoms with Gasteiger partial charge in [0.15, 0.2) is 0 Å². The van der Waals surface area contributed by atoms with Crippen LogP contribution in [0.25, 0.3) is 0 Å². The molecule has 1 rings (SSSR count). The van der Waals surface area contributed by atoms with E-state index in [0.717, 1.165) is 30.3 Å². The van der Waals surface area contributed by atoms with Gasteiger partial charge in [-0.3, -0.25) is 0 Å². The molecular formula is C13H24N4. The molecule has 1 aromatic heterocycles. The fraction of sp³-hybridized carbons (Fsp3) is 0.692. The summed E-state index contributed by atoms with van der Waals surface area (Å²) in [6, 6.07) is 2.26. The highest BCUT2D eigenvalue weighted by molar-refractivity contribution is 5.31. The van der Waals surface area contributed by atoms with Gasteiger partial charge in [-0.05, 0) is 32.3 Å². The predicted octanol–water partition coefficient (Wildman–Crippen LogP) is 2.08. The minimum atomic E-state index is 0.215. The Morgan fingerprint density at radius 3 is 2.47 bits per heavy atom. The highest BCUT2D eigenvalue weighted by Gasteiger charge is 2.09. The molecular weight excluding hydrogens is 212 g/mol. The summed E-state index contributed by atoms with van der Waals surface area (Å²) in [6.07, 6.45) is 0.949. The van der Waals surface area contributed by atoms with Crippen LogP contribution in [-0.2, 0) is 0 Å². The molecule has 0 spiro atoms. The molecule has 1 aromatic rings. The summed E-state index contributed by atoms with van der Waals surface area (Å²) in [4.78, 5) is 11.1. The van der Waals surface area contributed by atoms with E-state index in [9.17, 15) is 0 Å². The van der Waals surface area contributed by atoms with Gasteiger partial charge in [0.25, 0.3) is 0 Å². The highest BCUT2D eigenvalue weighted by Crippen LogP contribution is 2.16. The number of rotatable bonds is 5. The summed E-state index contributed by atoms with van der Waals surface area (Å²) < 4.78 is 0. The molecule has 1 unspecified atom stereocenters. The van der Waals surface area contributed by atoms with Gasteiger partial charge < -0.3 is 10.6 Å². The Morgan fingerprint density at radius 2 is 1.94 bits per heavy atom. The van der Waals surface area contributed by atoms with E-state index >= 15 is 0 Å². The largest absolute Gasteiger partial charge is 0.344 e.